The Morgan fingerprint density at radius 1 is 0.373 bits per heavy atom. The van der Waals surface area contributed by atoms with Gasteiger partial charge < -0.3 is 14.7 Å². The van der Waals surface area contributed by atoms with Gasteiger partial charge >= 0.3 is 0 Å². The predicted molar refractivity (Wildman–Crippen MR) is 360 cm³/mol. The van der Waals surface area contributed by atoms with Crippen molar-refractivity contribution in [3.63, 3.8) is 0 Å². The van der Waals surface area contributed by atoms with Gasteiger partial charge in [-0.15, -0.1) is 0 Å². The Morgan fingerprint density at radius 2 is 0.807 bits per heavy atom. The van der Waals surface area contributed by atoms with Crippen molar-refractivity contribution in [1.29, 1.82) is 0 Å². The average molecular weight is 1090 g/mol. The van der Waals surface area contributed by atoms with Crippen LogP contribution in [0.5, 0.6) is 0 Å². The average Bonchev–Trinajstić information content (AvgIpc) is 1.92. The molecular weight excluding hydrogens is 1000 g/mol. The Balaban J connectivity index is 1.22. The molecule has 3 heterocycles. The number of anilines is 8. The molecule has 1 fully saturated rings. The van der Waals surface area contributed by atoms with Crippen LogP contribution >= 0.6 is 0 Å². The van der Waals surface area contributed by atoms with E-state index in [1.165, 1.54) is 136 Å². The molecule has 0 saturated heterocycles. The van der Waals surface area contributed by atoms with E-state index in [0.29, 0.717) is 0 Å². The highest BCUT2D eigenvalue weighted by molar-refractivity contribution is 7.00. The first kappa shape index (κ1) is 55.4. The number of rotatable bonds is 5. The normalized spacial score (nSPS) is 20.4. The lowest BCUT2D eigenvalue weighted by atomic mass is 9.33. The molecule has 0 N–H and O–H groups in total. The second-order valence-corrected chi connectivity index (χ2v) is 31.8. The molecular formula is C79H90BN3. The summed E-state index contributed by atoms with van der Waals surface area (Å²) in [5, 5.41) is 0. The molecule has 1 saturated carbocycles. The minimum Gasteiger partial charge on any atom is -0.334 e. The third-order valence-electron chi connectivity index (χ3n) is 21.0. The number of hydrogen-bond acceptors (Lipinski definition) is 3. The third kappa shape index (κ3) is 8.55. The fourth-order valence-electron chi connectivity index (χ4n) is 16.3. The number of hydrogen-bond donors (Lipinski definition) is 0. The molecule has 0 spiro atoms. The zero-order valence-electron chi connectivity index (χ0n) is 53.5. The highest BCUT2D eigenvalue weighted by Gasteiger charge is 2.59. The maximum Gasteiger partial charge on any atom is 0.252 e. The summed E-state index contributed by atoms with van der Waals surface area (Å²) in [5.74, 6) is 0. The largest absolute Gasteiger partial charge is 0.334 e. The van der Waals surface area contributed by atoms with Crippen molar-refractivity contribution in [2.75, 3.05) is 14.7 Å². The van der Waals surface area contributed by atoms with Gasteiger partial charge in [0.25, 0.3) is 6.71 Å². The maximum absolute atomic E-state index is 2.86. The molecule has 4 heteroatoms. The summed E-state index contributed by atoms with van der Waals surface area (Å²) in [6.45, 7) is 43.6. The first-order valence-electron chi connectivity index (χ1n) is 31.4. The van der Waals surface area contributed by atoms with Crippen LogP contribution in [0.4, 0.5) is 45.5 Å². The minimum absolute atomic E-state index is 0.00762. The predicted octanol–water partition coefficient (Wildman–Crippen LogP) is 20.0. The zero-order chi connectivity index (χ0) is 58.9. The molecule has 8 aromatic rings. The first-order valence-corrected chi connectivity index (χ1v) is 31.4. The van der Waals surface area contributed by atoms with E-state index in [1.54, 1.807) is 0 Å². The van der Waals surface area contributed by atoms with E-state index in [9.17, 15) is 0 Å². The van der Waals surface area contributed by atoms with Gasteiger partial charge in [-0.05, 0) is 180 Å². The highest BCUT2D eigenvalue weighted by atomic mass is 15.3. The Morgan fingerprint density at radius 3 is 1.31 bits per heavy atom. The van der Waals surface area contributed by atoms with Crippen LogP contribution in [0.1, 0.15) is 196 Å². The second-order valence-electron chi connectivity index (χ2n) is 31.8. The van der Waals surface area contributed by atoms with Gasteiger partial charge in [0, 0.05) is 50.7 Å². The molecule has 0 radical (unpaired) electrons. The topological polar surface area (TPSA) is 9.72 Å². The van der Waals surface area contributed by atoms with Gasteiger partial charge in [0.2, 0.25) is 0 Å². The lowest BCUT2D eigenvalue weighted by molar-refractivity contribution is 0.195. The fraction of sp³-hybridized carbons (Fsp3) is 0.392. The molecule has 0 amide bonds. The lowest BCUT2D eigenvalue weighted by Crippen LogP contribution is -2.62. The van der Waals surface area contributed by atoms with Crippen LogP contribution in [0.2, 0.25) is 0 Å². The van der Waals surface area contributed by atoms with Gasteiger partial charge in [0.05, 0.1) is 16.9 Å². The molecule has 3 aliphatic heterocycles. The van der Waals surface area contributed by atoms with E-state index < -0.39 is 0 Å². The molecule has 13 rings (SSSR count). The van der Waals surface area contributed by atoms with Crippen LogP contribution in [0.15, 0.2) is 158 Å². The van der Waals surface area contributed by atoms with Crippen molar-refractivity contribution in [1.82, 2.24) is 0 Å². The van der Waals surface area contributed by atoms with E-state index in [0.717, 1.165) is 19.3 Å². The number of fused-ring (bicyclic) bond motifs is 8. The Hall–Kier alpha value is -6.78. The Labute approximate surface area is 499 Å². The van der Waals surface area contributed by atoms with Crippen molar-refractivity contribution in [3.8, 4) is 22.3 Å². The summed E-state index contributed by atoms with van der Waals surface area (Å²) in [4.78, 5) is 8.37. The van der Waals surface area contributed by atoms with Crippen LogP contribution in [0.3, 0.4) is 0 Å². The molecule has 0 bridgehead atoms. The fourth-order valence-corrected chi connectivity index (χ4v) is 16.3. The summed E-state index contributed by atoms with van der Waals surface area (Å²) < 4.78 is 0. The molecule has 2 unspecified atom stereocenters. The summed E-state index contributed by atoms with van der Waals surface area (Å²) in [5.41, 5.74) is 28.5. The van der Waals surface area contributed by atoms with E-state index in [1.807, 2.05) is 0 Å². The molecule has 3 nitrogen and oxygen atoms in total. The second kappa shape index (κ2) is 18.4. The van der Waals surface area contributed by atoms with Crippen molar-refractivity contribution in [2.45, 2.75) is 200 Å². The van der Waals surface area contributed by atoms with Gasteiger partial charge in [0.1, 0.15) is 0 Å². The maximum atomic E-state index is 2.86. The molecule has 8 aromatic carbocycles. The molecule has 424 valence electrons. The zero-order valence-corrected chi connectivity index (χ0v) is 53.5. The summed E-state index contributed by atoms with van der Waals surface area (Å²) in [6, 6.07) is 63.2. The van der Waals surface area contributed by atoms with Crippen LogP contribution in [-0.2, 0) is 37.9 Å². The smallest absolute Gasteiger partial charge is 0.252 e. The van der Waals surface area contributed by atoms with E-state index in [-0.39, 0.29) is 50.2 Å². The van der Waals surface area contributed by atoms with Crippen molar-refractivity contribution >= 4 is 68.6 Å². The summed E-state index contributed by atoms with van der Waals surface area (Å²) in [6.07, 6.45) is 5.80. The van der Waals surface area contributed by atoms with Gasteiger partial charge in [-0.3, -0.25) is 0 Å². The molecule has 2 atom stereocenters. The van der Waals surface area contributed by atoms with E-state index in [4.69, 9.17) is 0 Å². The van der Waals surface area contributed by atoms with E-state index in [2.05, 4.69) is 297 Å². The number of nitrogens with zero attached hydrogens (tertiary/aromatic N) is 3. The van der Waals surface area contributed by atoms with Crippen molar-refractivity contribution < 1.29 is 0 Å². The van der Waals surface area contributed by atoms with E-state index >= 15 is 0 Å². The van der Waals surface area contributed by atoms with Gasteiger partial charge in [-0.2, -0.15) is 0 Å². The quantitative estimate of drug-likeness (QED) is 0.159. The van der Waals surface area contributed by atoms with Crippen LogP contribution in [0, 0.1) is 0 Å². The lowest BCUT2D eigenvalue weighted by Gasteiger charge is -2.51. The van der Waals surface area contributed by atoms with Crippen molar-refractivity contribution in [2.24, 2.45) is 0 Å². The number of benzene rings is 8. The molecule has 5 aliphatic rings. The highest BCUT2D eigenvalue weighted by Crippen LogP contribution is 2.63. The van der Waals surface area contributed by atoms with Crippen LogP contribution in [0.25, 0.3) is 22.3 Å². The molecule has 0 aromatic heterocycles. The monoisotopic (exact) mass is 1090 g/mol. The third-order valence-corrected chi connectivity index (χ3v) is 21.0. The van der Waals surface area contributed by atoms with Crippen LogP contribution < -0.4 is 31.1 Å². The molecule has 83 heavy (non-hydrogen) atoms. The summed E-state index contributed by atoms with van der Waals surface area (Å²) in [7, 11) is 0. The van der Waals surface area contributed by atoms with Crippen LogP contribution in [-0.4, -0.2) is 12.3 Å². The first-order chi connectivity index (χ1) is 38.9. The standard InChI is InChI=1S/C79H90BN3/c1-72(2,3)52-32-36-64(57(41-52)50-27-21-19-22-28-50)81-67-44-55(75(10,11)12)31-35-62(67)80-63-47-59-60(77(15,16)49-76(59,13)14)48-68(63)82(65-37-33-53(73(4,5)6)42-58(65)51-29-23-20-24-30-51)70-46-56(45-69(81)71(70)80)83-66-38-34-54(74(7,8)9)43-61(66)78(17)39-25-26-40-79(78,83)18/h19-24,27-38,41-48H,25-26,39-40,49H2,1-18H3. The Kier molecular flexibility index (Phi) is 12.3. The summed E-state index contributed by atoms with van der Waals surface area (Å²) >= 11 is 0. The van der Waals surface area contributed by atoms with Crippen molar-refractivity contribution in [3.05, 3.63) is 197 Å². The van der Waals surface area contributed by atoms with Gasteiger partial charge in [-0.1, -0.05) is 234 Å². The SMILES string of the molecule is CC(C)(C)c1ccc(N2c3cc(C(C)(C)C)ccc3B3c4cc5c(cc4N(c4ccc(C(C)(C)C)cc4-c4ccccc4)c4cc(N6c7ccc(C(C)(C)C)cc7C7(C)CCCCC67C)cc2c43)C(C)(C)CC5(C)C)c(-c2ccccc2)c1. The Bertz CT molecular complexity index is 3930. The molecule has 2 aliphatic carbocycles. The minimum atomic E-state index is -0.192. The van der Waals surface area contributed by atoms with Gasteiger partial charge in [-0.25, -0.2) is 0 Å². The van der Waals surface area contributed by atoms with Gasteiger partial charge in [0.15, 0.2) is 0 Å².